The molecule has 0 bridgehead atoms. The number of likely N-dealkylation sites (N-methyl/N-ethyl adjacent to an activating group) is 1. The topological polar surface area (TPSA) is 41.6 Å². The van der Waals surface area contributed by atoms with Gasteiger partial charge in [0, 0.05) is 25.7 Å². The zero-order valence-electron chi connectivity index (χ0n) is 10.5. The van der Waals surface area contributed by atoms with E-state index in [1.165, 1.54) is 0 Å². The highest BCUT2D eigenvalue weighted by Gasteiger charge is 2.29. The van der Waals surface area contributed by atoms with Crippen LogP contribution in [0.2, 0.25) is 0 Å². The molecule has 0 aromatic heterocycles. The summed E-state index contributed by atoms with van der Waals surface area (Å²) in [6, 6.07) is 5.62. The number of aryl methyl sites for hydroxylation is 1. The third-order valence-electron chi connectivity index (χ3n) is 3.12. The van der Waals surface area contributed by atoms with Crippen molar-refractivity contribution < 1.29 is 9.53 Å². The predicted molar refractivity (Wildman–Crippen MR) is 66.1 cm³/mol. The average molecular weight is 234 g/mol. The van der Waals surface area contributed by atoms with Crippen LogP contribution in [0.3, 0.4) is 0 Å². The normalized spacial score (nSPS) is 20.5. The third kappa shape index (κ3) is 2.26. The summed E-state index contributed by atoms with van der Waals surface area (Å²) in [7, 11) is 3.46. The lowest BCUT2D eigenvalue weighted by atomic mass is 10.0. The molecular weight excluding hydrogens is 216 g/mol. The van der Waals surface area contributed by atoms with Crippen molar-refractivity contribution in [1.29, 1.82) is 0 Å². The fourth-order valence-corrected chi connectivity index (χ4v) is 2.12. The molecule has 92 valence electrons. The SMILES string of the molecule is COc1ccc(C)cc1C1NCCN(C)C1=O. The molecule has 17 heavy (non-hydrogen) atoms. The van der Waals surface area contributed by atoms with Crippen LogP contribution in [0.25, 0.3) is 0 Å². The first-order valence-electron chi connectivity index (χ1n) is 5.76. The number of nitrogens with one attached hydrogen (secondary N) is 1. The Labute approximate surface area is 102 Å². The van der Waals surface area contributed by atoms with Crippen molar-refractivity contribution in [3.05, 3.63) is 29.3 Å². The van der Waals surface area contributed by atoms with Crippen LogP contribution in [0, 0.1) is 6.92 Å². The van der Waals surface area contributed by atoms with Crippen molar-refractivity contribution in [3.63, 3.8) is 0 Å². The quantitative estimate of drug-likeness (QED) is 0.833. The predicted octanol–water partition coefficient (Wildman–Crippen LogP) is 1.11. The van der Waals surface area contributed by atoms with Gasteiger partial charge in [-0.15, -0.1) is 0 Å². The molecule has 1 aliphatic rings. The van der Waals surface area contributed by atoms with Crippen LogP contribution < -0.4 is 10.1 Å². The highest BCUT2D eigenvalue weighted by Crippen LogP contribution is 2.28. The van der Waals surface area contributed by atoms with Crippen LogP contribution in [-0.4, -0.2) is 38.1 Å². The van der Waals surface area contributed by atoms with E-state index in [4.69, 9.17) is 4.74 Å². The summed E-state index contributed by atoms with van der Waals surface area (Å²) in [5.41, 5.74) is 2.05. The highest BCUT2D eigenvalue weighted by atomic mass is 16.5. The number of rotatable bonds is 2. The lowest BCUT2D eigenvalue weighted by Crippen LogP contribution is -2.48. The summed E-state index contributed by atoms with van der Waals surface area (Å²) < 4.78 is 5.33. The van der Waals surface area contributed by atoms with Gasteiger partial charge in [-0.25, -0.2) is 0 Å². The van der Waals surface area contributed by atoms with E-state index in [2.05, 4.69) is 5.32 Å². The van der Waals surface area contributed by atoms with Gasteiger partial charge >= 0.3 is 0 Å². The van der Waals surface area contributed by atoms with Gasteiger partial charge in [-0.05, 0) is 13.0 Å². The molecular formula is C13H18N2O2. The number of hydrogen-bond donors (Lipinski definition) is 1. The molecule has 1 N–H and O–H groups in total. The summed E-state index contributed by atoms with van der Waals surface area (Å²) in [6.45, 7) is 3.58. The van der Waals surface area contributed by atoms with E-state index in [1.807, 2.05) is 32.2 Å². The summed E-state index contributed by atoms with van der Waals surface area (Å²) in [6.07, 6.45) is 0. The van der Waals surface area contributed by atoms with Gasteiger partial charge in [-0.2, -0.15) is 0 Å². The number of hydrogen-bond acceptors (Lipinski definition) is 3. The molecule has 1 aromatic carbocycles. The molecule has 0 aliphatic carbocycles. The Morgan fingerprint density at radius 1 is 1.47 bits per heavy atom. The van der Waals surface area contributed by atoms with Crippen molar-refractivity contribution in [1.82, 2.24) is 10.2 Å². The summed E-state index contributed by atoms with van der Waals surface area (Å²) in [5, 5.41) is 3.25. The van der Waals surface area contributed by atoms with Gasteiger partial charge in [-0.1, -0.05) is 17.7 Å². The van der Waals surface area contributed by atoms with E-state index in [9.17, 15) is 4.79 Å². The Bertz CT molecular complexity index is 431. The number of carbonyl (C=O) groups is 1. The molecule has 0 radical (unpaired) electrons. The standard InChI is InChI=1S/C13H18N2O2/c1-9-4-5-11(17-3)10(8-9)12-13(16)15(2)7-6-14-12/h4-5,8,12,14H,6-7H2,1-3H3. The Morgan fingerprint density at radius 2 is 2.24 bits per heavy atom. The van der Waals surface area contributed by atoms with Gasteiger partial charge in [0.1, 0.15) is 11.8 Å². The van der Waals surface area contributed by atoms with E-state index in [-0.39, 0.29) is 11.9 Å². The minimum Gasteiger partial charge on any atom is -0.496 e. The second-order valence-electron chi connectivity index (χ2n) is 4.39. The van der Waals surface area contributed by atoms with Crippen molar-refractivity contribution in [2.45, 2.75) is 13.0 Å². The molecule has 4 nitrogen and oxygen atoms in total. The van der Waals surface area contributed by atoms with E-state index < -0.39 is 0 Å². The van der Waals surface area contributed by atoms with Gasteiger partial charge in [-0.3, -0.25) is 4.79 Å². The van der Waals surface area contributed by atoms with Crippen molar-refractivity contribution in [2.75, 3.05) is 27.2 Å². The highest BCUT2D eigenvalue weighted by molar-refractivity contribution is 5.84. The fraction of sp³-hybridized carbons (Fsp3) is 0.462. The Hall–Kier alpha value is -1.55. The van der Waals surface area contributed by atoms with Crippen LogP contribution in [0.15, 0.2) is 18.2 Å². The van der Waals surface area contributed by atoms with Crippen LogP contribution >= 0.6 is 0 Å². The molecule has 1 heterocycles. The second-order valence-corrected chi connectivity index (χ2v) is 4.39. The van der Waals surface area contributed by atoms with Crippen molar-refractivity contribution in [3.8, 4) is 5.75 Å². The maximum atomic E-state index is 12.1. The molecule has 1 saturated heterocycles. The van der Waals surface area contributed by atoms with Gasteiger partial charge in [0.15, 0.2) is 0 Å². The molecule has 1 amide bonds. The molecule has 1 unspecified atom stereocenters. The molecule has 0 spiro atoms. The molecule has 1 aliphatic heterocycles. The minimum atomic E-state index is -0.288. The molecule has 0 saturated carbocycles. The first-order chi connectivity index (χ1) is 8.13. The summed E-state index contributed by atoms with van der Waals surface area (Å²) in [4.78, 5) is 13.9. The van der Waals surface area contributed by atoms with Crippen molar-refractivity contribution >= 4 is 5.91 Å². The number of carbonyl (C=O) groups excluding carboxylic acids is 1. The molecule has 1 aromatic rings. The zero-order valence-corrected chi connectivity index (χ0v) is 10.5. The number of benzene rings is 1. The zero-order chi connectivity index (χ0) is 12.4. The summed E-state index contributed by atoms with van der Waals surface area (Å²) in [5.74, 6) is 0.858. The van der Waals surface area contributed by atoms with Crippen molar-refractivity contribution in [2.24, 2.45) is 0 Å². The van der Waals surface area contributed by atoms with Gasteiger partial charge in [0.25, 0.3) is 0 Å². The van der Waals surface area contributed by atoms with Crippen LogP contribution in [-0.2, 0) is 4.79 Å². The number of nitrogens with zero attached hydrogens (tertiary/aromatic N) is 1. The van der Waals surface area contributed by atoms with Crippen LogP contribution in [0.1, 0.15) is 17.2 Å². The van der Waals surface area contributed by atoms with Crippen LogP contribution in [0.5, 0.6) is 5.75 Å². The number of ether oxygens (including phenoxy) is 1. The largest absolute Gasteiger partial charge is 0.496 e. The summed E-state index contributed by atoms with van der Waals surface area (Å²) >= 11 is 0. The smallest absolute Gasteiger partial charge is 0.244 e. The molecule has 4 heteroatoms. The molecule has 1 atom stereocenters. The van der Waals surface area contributed by atoms with E-state index in [0.29, 0.717) is 0 Å². The Kier molecular flexibility index (Phi) is 3.33. The monoisotopic (exact) mass is 234 g/mol. The van der Waals surface area contributed by atoms with E-state index in [1.54, 1.807) is 12.0 Å². The van der Waals surface area contributed by atoms with Gasteiger partial charge < -0.3 is 15.0 Å². The number of amides is 1. The van der Waals surface area contributed by atoms with Gasteiger partial charge in [0.2, 0.25) is 5.91 Å². The molecule has 2 rings (SSSR count). The average Bonchev–Trinajstić information content (AvgIpc) is 2.33. The lowest BCUT2D eigenvalue weighted by Gasteiger charge is -2.31. The molecule has 1 fully saturated rings. The van der Waals surface area contributed by atoms with Gasteiger partial charge in [0.05, 0.1) is 7.11 Å². The van der Waals surface area contributed by atoms with Crippen LogP contribution in [0.4, 0.5) is 0 Å². The maximum Gasteiger partial charge on any atom is 0.244 e. The van der Waals surface area contributed by atoms with E-state index >= 15 is 0 Å². The first kappa shape index (κ1) is 11.9. The number of methoxy groups -OCH3 is 1. The van der Waals surface area contributed by atoms with E-state index in [0.717, 1.165) is 30.0 Å². The maximum absolute atomic E-state index is 12.1. The Morgan fingerprint density at radius 3 is 2.94 bits per heavy atom. The minimum absolute atomic E-state index is 0.0974. The third-order valence-corrected chi connectivity index (χ3v) is 3.12. The fourth-order valence-electron chi connectivity index (χ4n) is 2.12. The second kappa shape index (κ2) is 4.75. The first-order valence-corrected chi connectivity index (χ1v) is 5.76. The Balaban J connectivity index is 2.38. The lowest BCUT2D eigenvalue weighted by molar-refractivity contribution is -0.134. The number of piperazine rings is 1.